The van der Waals surface area contributed by atoms with Crippen molar-refractivity contribution in [2.24, 2.45) is 5.92 Å². The van der Waals surface area contributed by atoms with Crippen molar-refractivity contribution in [3.63, 3.8) is 0 Å². The van der Waals surface area contributed by atoms with E-state index in [0.717, 1.165) is 43.7 Å². The molecular formula is C16H29N5. The molecule has 0 radical (unpaired) electrons. The van der Waals surface area contributed by atoms with Crippen LogP contribution in [0.2, 0.25) is 0 Å². The third-order valence-corrected chi connectivity index (χ3v) is 3.72. The van der Waals surface area contributed by atoms with Crippen molar-refractivity contribution < 1.29 is 0 Å². The van der Waals surface area contributed by atoms with Crippen LogP contribution in [0.3, 0.4) is 0 Å². The Balaban J connectivity index is 2.08. The van der Waals surface area contributed by atoms with Crippen LogP contribution in [0, 0.1) is 5.92 Å². The standard InChI is InChI=1S/C16H29N5/c1-12(2)11-20-6-8-21(9-7-20)14-10-13(17)18-15(19-14)16(3,4)5/h10,12H,6-9,11H2,1-5H3,(H2,17,18,19). The topological polar surface area (TPSA) is 58.3 Å². The van der Waals surface area contributed by atoms with E-state index in [0.29, 0.717) is 5.82 Å². The maximum absolute atomic E-state index is 5.97. The van der Waals surface area contributed by atoms with E-state index in [-0.39, 0.29) is 5.41 Å². The van der Waals surface area contributed by atoms with E-state index in [9.17, 15) is 0 Å². The number of nitrogens with two attached hydrogens (primary N) is 1. The molecule has 0 amide bonds. The highest BCUT2D eigenvalue weighted by molar-refractivity contribution is 5.48. The molecule has 1 aromatic rings. The molecule has 0 atom stereocenters. The summed E-state index contributed by atoms with van der Waals surface area (Å²) in [4.78, 5) is 14.0. The number of rotatable bonds is 3. The molecule has 5 heteroatoms. The van der Waals surface area contributed by atoms with Crippen LogP contribution in [0.5, 0.6) is 0 Å². The molecule has 0 unspecified atom stereocenters. The first-order chi connectivity index (χ1) is 9.75. The first kappa shape index (κ1) is 16.0. The quantitative estimate of drug-likeness (QED) is 0.924. The van der Waals surface area contributed by atoms with Gasteiger partial charge in [-0.25, -0.2) is 9.97 Å². The lowest BCUT2D eigenvalue weighted by atomic mass is 9.96. The van der Waals surface area contributed by atoms with E-state index < -0.39 is 0 Å². The second kappa shape index (κ2) is 6.18. The molecule has 1 aromatic heterocycles. The maximum atomic E-state index is 5.97. The van der Waals surface area contributed by atoms with Gasteiger partial charge >= 0.3 is 0 Å². The number of hydrogen-bond acceptors (Lipinski definition) is 5. The summed E-state index contributed by atoms with van der Waals surface area (Å²) in [7, 11) is 0. The zero-order chi connectivity index (χ0) is 15.6. The first-order valence-corrected chi connectivity index (χ1v) is 7.88. The average molecular weight is 291 g/mol. The van der Waals surface area contributed by atoms with Crippen LogP contribution in [-0.2, 0) is 5.41 Å². The summed E-state index contributed by atoms with van der Waals surface area (Å²) in [5, 5.41) is 0. The molecule has 1 aliphatic heterocycles. The summed E-state index contributed by atoms with van der Waals surface area (Å²) in [6, 6.07) is 1.90. The van der Waals surface area contributed by atoms with Gasteiger partial charge in [0.15, 0.2) is 0 Å². The van der Waals surface area contributed by atoms with Crippen LogP contribution in [0.4, 0.5) is 11.6 Å². The first-order valence-electron chi connectivity index (χ1n) is 7.88. The van der Waals surface area contributed by atoms with Crippen molar-refractivity contribution in [1.29, 1.82) is 0 Å². The number of nitrogen functional groups attached to an aromatic ring is 1. The lowest BCUT2D eigenvalue weighted by molar-refractivity contribution is 0.231. The Bertz CT molecular complexity index is 470. The van der Waals surface area contributed by atoms with Crippen molar-refractivity contribution in [3.05, 3.63) is 11.9 Å². The Hall–Kier alpha value is -1.36. The van der Waals surface area contributed by atoms with Gasteiger partial charge in [0.05, 0.1) is 0 Å². The molecule has 2 N–H and O–H groups in total. The average Bonchev–Trinajstić information content (AvgIpc) is 2.37. The Morgan fingerprint density at radius 3 is 2.29 bits per heavy atom. The molecule has 1 fully saturated rings. The minimum Gasteiger partial charge on any atom is -0.384 e. The summed E-state index contributed by atoms with van der Waals surface area (Å²) in [6.45, 7) is 16.3. The van der Waals surface area contributed by atoms with E-state index in [1.807, 2.05) is 6.07 Å². The van der Waals surface area contributed by atoms with Gasteiger partial charge < -0.3 is 10.6 Å². The van der Waals surface area contributed by atoms with Crippen molar-refractivity contribution in [2.75, 3.05) is 43.4 Å². The number of nitrogens with zero attached hydrogens (tertiary/aromatic N) is 4. The van der Waals surface area contributed by atoms with E-state index >= 15 is 0 Å². The molecule has 2 rings (SSSR count). The predicted molar refractivity (Wildman–Crippen MR) is 88.6 cm³/mol. The molecule has 0 spiro atoms. The van der Waals surface area contributed by atoms with Crippen LogP contribution in [0.1, 0.15) is 40.4 Å². The second-order valence-corrected chi connectivity index (χ2v) is 7.41. The second-order valence-electron chi connectivity index (χ2n) is 7.41. The lowest BCUT2D eigenvalue weighted by Gasteiger charge is -2.36. The fraction of sp³-hybridized carbons (Fsp3) is 0.750. The van der Waals surface area contributed by atoms with E-state index in [4.69, 9.17) is 10.7 Å². The van der Waals surface area contributed by atoms with Crippen molar-refractivity contribution in [1.82, 2.24) is 14.9 Å². The van der Waals surface area contributed by atoms with Crippen LogP contribution in [0.25, 0.3) is 0 Å². The molecule has 5 nitrogen and oxygen atoms in total. The van der Waals surface area contributed by atoms with Gasteiger partial charge in [0, 0.05) is 44.2 Å². The molecule has 0 aliphatic carbocycles. The fourth-order valence-corrected chi connectivity index (χ4v) is 2.63. The van der Waals surface area contributed by atoms with Gasteiger partial charge in [-0.05, 0) is 5.92 Å². The smallest absolute Gasteiger partial charge is 0.138 e. The highest BCUT2D eigenvalue weighted by Crippen LogP contribution is 2.23. The Morgan fingerprint density at radius 2 is 1.76 bits per heavy atom. The number of piperazine rings is 1. The van der Waals surface area contributed by atoms with Gasteiger partial charge in [-0.3, -0.25) is 4.90 Å². The molecular weight excluding hydrogens is 262 g/mol. The predicted octanol–water partition coefficient (Wildman–Crippen LogP) is 2.13. The third-order valence-electron chi connectivity index (χ3n) is 3.72. The van der Waals surface area contributed by atoms with Gasteiger partial charge in [-0.15, -0.1) is 0 Å². The lowest BCUT2D eigenvalue weighted by Crippen LogP contribution is -2.47. The Labute approximate surface area is 128 Å². The molecule has 1 saturated heterocycles. The summed E-state index contributed by atoms with van der Waals surface area (Å²) in [6.07, 6.45) is 0. The minimum absolute atomic E-state index is 0.0798. The third kappa shape index (κ3) is 4.30. The zero-order valence-corrected chi connectivity index (χ0v) is 14.1. The van der Waals surface area contributed by atoms with E-state index in [1.165, 1.54) is 6.54 Å². The van der Waals surface area contributed by atoms with Crippen LogP contribution < -0.4 is 10.6 Å². The molecule has 0 bridgehead atoms. The molecule has 0 saturated carbocycles. The summed E-state index contributed by atoms with van der Waals surface area (Å²) >= 11 is 0. The zero-order valence-electron chi connectivity index (χ0n) is 14.1. The van der Waals surface area contributed by atoms with Crippen molar-refractivity contribution >= 4 is 11.6 Å². The SMILES string of the molecule is CC(C)CN1CCN(c2cc(N)nc(C(C)(C)C)n2)CC1. The highest BCUT2D eigenvalue weighted by Gasteiger charge is 2.23. The van der Waals surface area contributed by atoms with Crippen LogP contribution in [-0.4, -0.2) is 47.6 Å². The molecule has 2 heterocycles. The minimum atomic E-state index is -0.0798. The Morgan fingerprint density at radius 1 is 1.14 bits per heavy atom. The summed E-state index contributed by atoms with van der Waals surface area (Å²) in [5.74, 6) is 3.08. The van der Waals surface area contributed by atoms with Crippen molar-refractivity contribution in [3.8, 4) is 0 Å². The van der Waals surface area contributed by atoms with Gasteiger partial charge in [0.2, 0.25) is 0 Å². The largest absolute Gasteiger partial charge is 0.384 e. The summed E-state index contributed by atoms with van der Waals surface area (Å²) in [5.41, 5.74) is 5.89. The van der Waals surface area contributed by atoms with Crippen molar-refractivity contribution in [2.45, 2.75) is 40.0 Å². The van der Waals surface area contributed by atoms with Gasteiger partial charge in [-0.2, -0.15) is 0 Å². The van der Waals surface area contributed by atoms with Gasteiger partial charge in [-0.1, -0.05) is 34.6 Å². The number of aromatic nitrogens is 2. The van der Waals surface area contributed by atoms with Gasteiger partial charge in [0.1, 0.15) is 17.5 Å². The van der Waals surface area contributed by atoms with Crippen LogP contribution >= 0.6 is 0 Å². The molecule has 21 heavy (non-hydrogen) atoms. The van der Waals surface area contributed by atoms with E-state index in [1.54, 1.807) is 0 Å². The number of hydrogen-bond donors (Lipinski definition) is 1. The fourth-order valence-electron chi connectivity index (χ4n) is 2.63. The molecule has 0 aromatic carbocycles. The molecule has 118 valence electrons. The summed E-state index contributed by atoms with van der Waals surface area (Å²) < 4.78 is 0. The highest BCUT2D eigenvalue weighted by atomic mass is 15.3. The monoisotopic (exact) mass is 291 g/mol. The van der Waals surface area contributed by atoms with Gasteiger partial charge in [0.25, 0.3) is 0 Å². The van der Waals surface area contributed by atoms with Crippen LogP contribution in [0.15, 0.2) is 6.07 Å². The molecule has 1 aliphatic rings. The number of anilines is 2. The normalized spacial score (nSPS) is 17.5. The maximum Gasteiger partial charge on any atom is 0.138 e. The Kier molecular flexibility index (Phi) is 4.71. The van der Waals surface area contributed by atoms with E-state index in [2.05, 4.69) is 49.4 Å².